The Morgan fingerprint density at radius 3 is 3.18 bits per heavy atom. The zero-order chi connectivity index (χ0) is 11.8. The summed E-state index contributed by atoms with van der Waals surface area (Å²) in [4.78, 5) is 13.8. The molecule has 2 N–H and O–H groups in total. The second-order valence-corrected chi connectivity index (χ2v) is 5.82. The van der Waals surface area contributed by atoms with E-state index in [-0.39, 0.29) is 18.6 Å². The number of rotatable bonds is 4. The van der Waals surface area contributed by atoms with Crippen molar-refractivity contribution in [1.82, 2.24) is 15.1 Å². The predicted molar refractivity (Wildman–Crippen MR) is 64.4 cm³/mol. The number of nitrogens with one attached hydrogen (secondary N) is 1. The summed E-state index contributed by atoms with van der Waals surface area (Å²) in [5.74, 6) is 0.643. The lowest BCUT2D eigenvalue weighted by molar-refractivity contribution is -0.131. The Morgan fingerprint density at radius 2 is 2.47 bits per heavy atom. The second kappa shape index (κ2) is 4.34. The smallest absolute Gasteiger partial charge is 0.233 e. The number of thioether (sulfide) groups is 1. The van der Waals surface area contributed by atoms with E-state index in [0.29, 0.717) is 17.5 Å². The molecular weight excluding hydrogens is 238 g/mol. The number of carbonyl (C=O) groups excluding carboxylic acids is 1. The molecule has 0 spiro atoms. The number of carbonyl (C=O) groups is 1. The predicted octanol–water partition coefficient (Wildman–Crippen LogP) is 0.681. The molecule has 1 aromatic heterocycles. The highest BCUT2D eigenvalue weighted by molar-refractivity contribution is 8.00. The van der Waals surface area contributed by atoms with Gasteiger partial charge < -0.3 is 10.0 Å². The standard InChI is InChI=1S/C11H15N3O2S/c15-5-10-8-3-12-13-9(8)4-14(10)11(16)6-17-7-1-2-7/h3,7,10,15H,1-2,4-6H2,(H,12,13). The molecule has 6 heteroatoms. The lowest BCUT2D eigenvalue weighted by Crippen LogP contribution is -2.33. The van der Waals surface area contributed by atoms with Crippen LogP contribution < -0.4 is 0 Å². The number of aromatic amines is 1. The molecule has 3 rings (SSSR count). The van der Waals surface area contributed by atoms with E-state index in [1.54, 1.807) is 22.9 Å². The average Bonchev–Trinajstić information content (AvgIpc) is 2.92. The summed E-state index contributed by atoms with van der Waals surface area (Å²) in [6.45, 7) is 0.511. The topological polar surface area (TPSA) is 69.2 Å². The molecule has 2 heterocycles. The van der Waals surface area contributed by atoms with E-state index in [2.05, 4.69) is 10.2 Å². The fourth-order valence-electron chi connectivity index (χ4n) is 2.15. The number of H-pyrrole nitrogens is 1. The summed E-state index contributed by atoms with van der Waals surface area (Å²) in [6.07, 6.45) is 4.19. The van der Waals surface area contributed by atoms with Crippen molar-refractivity contribution in [2.45, 2.75) is 30.7 Å². The normalized spacial score (nSPS) is 22.9. The number of aromatic nitrogens is 2. The maximum Gasteiger partial charge on any atom is 0.233 e. The van der Waals surface area contributed by atoms with Crippen molar-refractivity contribution in [3.63, 3.8) is 0 Å². The van der Waals surface area contributed by atoms with E-state index in [1.165, 1.54) is 12.8 Å². The minimum atomic E-state index is -0.212. The summed E-state index contributed by atoms with van der Waals surface area (Å²) < 4.78 is 0. The van der Waals surface area contributed by atoms with E-state index in [9.17, 15) is 9.90 Å². The third-order valence-electron chi connectivity index (χ3n) is 3.28. The molecule has 1 saturated carbocycles. The van der Waals surface area contributed by atoms with Gasteiger partial charge in [-0.2, -0.15) is 5.10 Å². The Balaban J connectivity index is 1.66. The summed E-state index contributed by atoms with van der Waals surface area (Å²) in [5.41, 5.74) is 1.91. The molecule has 0 aromatic carbocycles. The molecule has 0 saturated heterocycles. The lowest BCUT2D eigenvalue weighted by Gasteiger charge is -2.23. The number of hydrogen-bond acceptors (Lipinski definition) is 4. The van der Waals surface area contributed by atoms with E-state index in [1.807, 2.05) is 0 Å². The Labute approximate surface area is 104 Å². The van der Waals surface area contributed by atoms with Gasteiger partial charge in [-0.05, 0) is 12.8 Å². The molecule has 1 aromatic rings. The van der Waals surface area contributed by atoms with Crippen molar-refractivity contribution in [2.24, 2.45) is 0 Å². The third kappa shape index (κ3) is 2.07. The largest absolute Gasteiger partial charge is 0.394 e. The molecule has 92 valence electrons. The van der Waals surface area contributed by atoms with Crippen LogP contribution in [0.25, 0.3) is 0 Å². The molecule has 1 aliphatic carbocycles. The molecule has 0 radical (unpaired) electrons. The first-order valence-corrected chi connectivity index (χ1v) is 6.88. The van der Waals surface area contributed by atoms with Crippen molar-refractivity contribution in [1.29, 1.82) is 0 Å². The molecule has 1 unspecified atom stereocenters. The maximum absolute atomic E-state index is 12.1. The molecule has 1 amide bonds. The third-order valence-corrected chi connectivity index (χ3v) is 4.63. The van der Waals surface area contributed by atoms with Crippen LogP contribution in [0.3, 0.4) is 0 Å². The number of aliphatic hydroxyl groups is 1. The first-order valence-electron chi connectivity index (χ1n) is 5.83. The van der Waals surface area contributed by atoms with Crippen LogP contribution in [-0.4, -0.2) is 43.7 Å². The van der Waals surface area contributed by atoms with Crippen LogP contribution in [0.2, 0.25) is 0 Å². The molecule has 17 heavy (non-hydrogen) atoms. The van der Waals surface area contributed by atoms with Gasteiger partial charge in [0.25, 0.3) is 0 Å². The van der Waals surface area contributed by atoms with Crippen LogP contribution >= 0.6 is 11.8 Å². The van der Waals surface area contributed by atoms with Gasteiger partial charge in [0, 0.05) is 10.8 Å². The maximum atomic E-state index is 12.1. The number of hydrogen-bond donors (Lipinski definition) is 2. The molecule has 1 atom stereocenters. The summed E-state index contributed by atoms with van der Waals surface area (Å²) >= 11 is 1.73. The quantitative estimate of drug-likeness (QED) is 0.828. The van der Waals surface area contributed by atoms with Gasteiger partial charge in [0.1, 0.15) is 0 Å². The highest BCUT2D eigenvalue weighted by Gasteiger charge is 2.35. The van der Waals surface area contributed by atoms with Gasteiger partial charge in [-0.3, -0.25) is 9.89 Å². The number of amides is 1. The average molecular weight is 253 g/mol. The molecule has 5 nitrogen and oxygen atoms in total. The number of fused-ring (bicyclic) bond motifs is 1. The molecular formula is C11H15N3O2S. The SMILES string of the molecule is O=C(CSC1CC1)N1Cc2[nH]ncc2C1CO. The Morgan fingerprint density at radius 1 is 1.65 bits per heavy atom. The van der Waals surface area contributed by atoms with Gasteiger partial charge in [-0.25, -0.2) is 0 Å². The van der Waals surface area contributed by atoms with Crippen molar-refractivity contribution >= 4 is 17.7 Å². The lowest BCUT2D eigenvalue weighted by atomic mass is 10.2. The Kier molecular flexibility index (Phi) is 2.84. The van der Waals surface area contributed by atoms with Crippen LogP contribution in [0.5, 0.6) is 0 Å². The van der Waals surface area contributed by atoms with Gasteiger partial charge in [0.2, 0.25) is 5.91 Å². The highest BCUT2D eigenvalue weighted by Crippen LogP contribution is 2.36. The molecule has 2 aliphatic rings. The van der Waals surface area contributed by atoms with Crippen molar-refractivity contribution < 1.29 is 9.90 Å². The summed E-state index contributed by atoms with van der Waals surface area (Å²) in [7, 11) is 0. The monoisotopic (exact) mass is 253 g/mol. The fraction of sp³-hybridized carbons (Fsp3) is 0.636. The highest BCUT2D eigenvalue weighted by atomic mass is 32.2. The summed E-state index contributed by atoms with van der Waals surface area (Å²) in [5, 5.41) is 16.9. The van der Waals surface area contributed by atoms with E-state index < -0.39 is 0 Å². The van der Waals surface area contributed by atoms with E-state index in [0.717, 1.165) is 11.3 Å². The fourth-order valence-corrected chi connectivity index (χ4v) is 3.16. The Bertz CT molecular complexity index is 430. The molecule has 1 fully saturated rings. The zero-order valence-corrected chi connectivity index (χ0v) is 10.2. The van der Waals surface area contributed by atoms with Crippen molar-refractivity contribution in [2.75, 3.05) is 12.4 Å². The first kappa shape index (κ1) is 11.1. The van der Waals surface area contributed by atoms with Crippen LogP contribution in [0.1, 0.15) is 30.1 Å². The number of aliphatic hydroxyl groups excluding tert-OH is 1. The minimum absolute atomic E-state index is 0.0353. The van der Waals surface area contributed by atoms with Crippen LogP contribution in [0.15, 0.2) is 6.20 Å². The van der Waals surface area contributed by atoms with Gasteiger partial charge in [0.15, 0.2) is 0 Å². The van der Waals surface area contributed by atoms with Gasteiger partial charge in [0.05, 0.1) is 36.8 Å². The Hall–Kier alpha value is -1.01. The van der Waals surface area contributed by atoms with Gasteiger partial charge in [-0.1, -0.05) is 0 Å². The van der Waals surface area contributed by atoms with Crippen LogP contribution in [0.4, 0.5) is 0 Å². The van der Waals surface area contributed by atoms with Gasteiger partial charge in [-0.15, -0.1) is 11.8 Å². The molecule has 0 bridgehead atoms. The van der Waals surface area contributed by atoms with E-state index in [4.69, 9.17) is 0 Å². The van der Waals surface area contributed by atoms with Crippen LogP contribution in [0, 0.1) is 0 Å². The first-order chi connectivity index (χ1) is 8.29. The molecule has 1 aliphatic heterocycles. The van der Waals surface area contributed by atoms with Crippen molar-refractivity contribution in [3.05, 3.63) is 17.5 Å². The second-order valence-electron chi connectivity index (χ2n) is 4.53. The van der Waals surface area contributed by atoms with Crippen LogP contribution in [-0.2, 0) is 11.3 Å². The van der Waals surface area contributed by atoms with Crippen molar-refractivity contribution in [3.8, 4) is 0 Å². The number of nitrogens with zero attached hydrogens (tertiary/aromatic N) is 2. The van der Waals surface area contributed by atoms with Gasteiger partial charge >= 0.3 is 0 Å². The van der Waals surface area contributed by atoms with E-state index >= 15 is 0 Å². The summed E-state index contributed by atoms with van der Waals surface area (Å²) in [6, 6.07) is -0.212. The minimum Gasteiger partial charge on any atom is -0.394 e. The zero-order valence-electron chi connectivity index (χ0n) is 9.43.